The maximum atomic E-state index is 12.2. The fraction of sp³-hybridized carbons (Fsp3) is 0.600. The van der Waals surface area contributed by atoms with E-state index in [1.807, 2.05) is 32.0 Å². The molecule has 1 aromatic rings. The molecule has 1 amide bonds. The van der Waals surface area contributed by atoms with Gasteiger partial charge in [-0.05, 0) is 38.8 Å². The molecule has 0 aromatic heterocycles. The Labute approximate surface area is 185 Å². The third-order valence-corrected chi connectivity index (χ3v) is 4.42. The highest BCUT2D eigenvalue weighted by Crippen LogP contribution is 2.30. The summed E-state index contributed by atoms with van der Waals surface area (Å²) in [6, 6.07) is 5.89. The number of hydrogen-bond acceptors (Lipinski definition) is 4. The molecule has 1 fully saturated rings. The number of ether oxygens (including phenoxy) is 2. The van der Waals surface area contributed by atoms with Crippen LogP contribution in [0.5, 0.6) is 11.5 Å². The highest BCUT2D eigenvalue weighted by molar-refractivity contribution is 14.0. The molecule has 0 bridgehead atoms. The van der Waals surface area contributed by atoms with Gasteiger partial charge in [-0.2, -0.15) is 0 Å². The van der Waals surface area contributed by atoms with Gasteiger partial charge in [-0.15, -0.1) is 24.0 Å². The van der Waals surface area contributed by atoms with E-state index in [9.17, 15) is 4.79 Å². The van der Waals surface area contributed by atoms with Gasteiger partial charge in [0.25, 0.3) is 0 Å². The molecule has 0 heterocycles. The van der Waals surface area contributed by atoms with Crippen LogP contribution in [0.3, 0.4) is 0 Å². The lowest BCUT2D eigenvalue weighted by molar-refractivity contribution is -0.120. The van der Waals surface area contributed by atoms with Gasteiger partial charge in [0.15, 0.2) is 17.5 Å². The van der Waals surface area contributed by atoms with Gasteiger partial charge in [0, 0.05) is 24.3 Å². The topological polar surface area (TPSA) is 84.0 Å². The summed E-state index contributed by atoms with van der Waals surface area (Å²) in [6.45, 7) is 5.28. The molecule has 0 aliphatic heterocycles. The highest BCUT2D eigenvalue weighted by Gasteiger charge is 2.15. The van der Waals surface area contributed by atoms with E-state index < -0.39 is 0 Å². The van der Waals surface area contributed by atoms with Crippen LogP contribution in [0.15, 0.2) is 23.2 Å². The highest BCUT2D eigenvalue weighted by atomic mass is 127. The minimum absolute atomic E-state index is 0. The summed E-state index contributed by atoms with van der Waals surface area (Å²) in [5.74, 6) is 1.86. The van der Waals surface area contributed by atoms with Crippen molar-refractivity contribution >= 4 is 41.5 Å². The maximum absolute atomic E-state index is 12.2. The number of carbonyl (C=O) groups is 1. The number of hydrogen-bond donors (Lipinski definition) is 3. The number of guanidine groups is 1. The second kappa shape index (κ2) is 13.5. The molecule has 1 aromatic carbocycles. The Hall–Kier alpha value is -1.71. The SMILES string of the molecule is CCNC(=NCC(=O)NC1CCCCC1)Nc1ccc(OCC)c(OC)c1.I. The van der Waals surface area contributed by atoms with Crippen molar-refractivity contribution in [2.24, 2.45) is 4.99 Å². The molecule has 7 nitrogen and oxygen atoms in total. The molecule has 0 spiro atoms. The minimum atomic E-state index is -0.0385. The van der Waals surface area contributed by atoms with Crippen molar-refractivity contribution in [3.05, 3.63) is 18.2 Å². The molecule has 0 radical (unpaired) electrons. The van der Waals surface area contributed by atoms with E-state index in [1.165, 1.54) is 19.3 Å². The standard InChI is InChI=1S/C20H32N4O3.HI/c1-4-21-20(22-14-19(25)23-15-9-7-6-8-10-15)24-16-11-12-17(27-5-2)18(13-16)26-3;/h11-13,15H,4-10,14H2,1-3H3,(H,23,25)(H2,21,22,24);1H. The van der Waals surface area contributed by atoms with Crippen molar-refractivity contribution in [1.82, 2.24) is 10.6 Å². The Morgan fingerprint density at radius 3 is 2.57 bits per heavy atom. The zero-order valence-corrected chi connectivity index (χ0v) is 19.4. The number of methoxy groups -OCH3 is 1. The maximum Gasteiger partial charge on any atom is 0.242 e. The summed E-state index contributed by atoms with van der Waals surface area (Å²) in [7, 11) is 1.61. The first-order chi connectivity index (χ1) is 13.2. The monoisotopic (exact) mass is 504 g/mol. The molecule has 0 unspecified atom stereocenters. The number of anilines is 1. The zero-order valence-electron chi connectivity index (χ0n) is 17.0. The van der Waals surface area contributed by atoms with Crippen LogP contribution in [0.2, 0.25) is 0 Å². The molecule has 8 heteroatoms. The van der Waals surface area contributed by atoms with Crippen LogP contribution >= 0.6 is 24.0 Å². The van der Waals surface area contributed by atoms with Crippen LogP contribution in [0.1, 0.15) is 46.0 Å². The smallest absolute Gasteiger partial charge is 0.242 e. The van der Waals surface area contributed by atoms with E-state index in [2.05, 4.69) is 20.9 Å². The Morgan fingerprint density at radius 1 is 1.18 bits per heavy atom. The molecular weight excluding hydrogens is 471 g/mol. The van der Waals surface area contributed by atoms with Crippen LogP contribution < -0.4 is 25.4 Å². The summed E-state index contributed by atoms with van der Waals surface area (Å²) in [4.78, 5) is 16.6. The van der Waals surface area contributed by atoms with E-state index in [0.717, 1.165) is 18.5 Å². The van der Waals surface area contributed by atoms with E-state index >= 15 is 0 Å². The molecule has 158 valence electrons. The molecule has 0 atom stereocenters. The van der Waals surface area contributed by atoms with Gasteiger partial charge in [-0.1, -0.05) is 19.3 Å². The first-order valence-electron chi connectivity index (χ1n) is 9.81. The Kier molecular flexibility index (Phi) is 11.7. The minimum Gasteiger partial charge on any atom is -0.493 e. The summed E-state index contributed by atoms with van der Waals surface area (Å²) in [5, 5.41) is 9.44. The van der Waals surface area contributed by atoms with Gasteiger partial charge in [-0.25, -0.2) is 4.99 Å². The predicted octanol–water partition coefficient (Wildman–Crippen LogP) is 3.54. The Bertz CT molecular complexity index is 634. The first-order valence-corrected chi connectivity index (χ1v) is 9.81. The summed E-state index contributed by atoms with van der Waals surface area (Å²) >= 11 is 0. The summed E-state index contributed by atoms with van der Waals surface area (Å²) < 4.78 is 10.9. The molecule has 0 saturated heterocycles. The van der Waals surface area contributed by atoms with E-state index in [1.54, 1.807) is 7.11 Å². The lowest BCUT2D eigenvalue weighted by Crippen LogP contribution is -2.38. The fourth-order valence-corrected chi connectivity index (χ4v) is 3.13. The largest absolute Gasteiger partial charge is 0.493 e. The number of rotatable bonds is 8. The molecule has 1 saturated carbocycles. The number of amides is 1. The van der Waals surface area contributed by atoms with Gasteiger partial charge in [0.2, 0.25) is 5.91 Å². The van der Waals surface area contributed by atoms with Crippen molar-refractivity contribution < 1.29 is 14.3 Å². The van der Waals surface area contributed by atoms with Crippen LogP contribution in [-0.4, -0.2) is 44.7 Å². The second-order valence-electron chi connectivity index (χ2n) is 6.52. The van der Waals surface area contributed by atoms with Crippen molar-refractivity contribution in [2.45, 2.75) is 52.0 Å². The molecule has 2 rings (SSSR count). The molecule has 28 heavy (non-hydrogen) atoms. The predicted molar refractivity (Wildman–Crippen MR) is 124 cm³/mol. The number of aliphatic imine (C=N–C) groups is 1. The quantitative estimate of drug-likeness (QED) is 0.287. The fourth-order valence-electron chi connectivity index (χ4n) is 3.13. The first kappa shape index (κ1) is 24.3. The van der Waals surface area contributed by atoms with E-state index in [0.29, 0.717) is 36.7 Å². The lowest BCUT2D eigenvalue weighted by Gasteiger charge is -2.22. The van der Waals surface area contributed by atoms with Crippen LogP contribution in [-0.2, 0) is 4.79 Å². The third kappa shape index (κ3) is 8.12. The van der Waals surface area contributed by atoms with E-state index in [-0.39, 0.29) is 36.4 Å². The molecule has 3 N–H and O–H groups in total. The number of nitrogens with one attached hydrogen (secondary N) is 3. The normalized spacial score (nSPS) is 14.6. The lowest BCUT2D eigenvalue weighted by atomic mass is 9.95. The second-order valence-corrected chi connectivity index (χ2v) is 6.52. The summed E-state index contributed by atoms with van der Waals surface area (Å²) in [5.41, 5.74) is 0.808. The van der Waals surface area contributed by atoms with Crippen molar-refractivity contribution in [1.29, 1.82) is 0 Å². The zero-order chi connectivity index (χ0) is 19.5. The number of carbonyl (C=O) groups excluding carboxylic acids is 1. The van der Waals surface area contributed by atoms with E-state index in [4.69, 9.17) is 9.47 Å². The number of halogens is 1. The van der Waals surface area contributed by atoms with Gasteiger partial charge in [-0.3, -0.25) is 4.79 Å². The molecule has 1 aliphatic rings. The van der Waals surface area contributed by atoms with Crippen LogP contribution in [0, 0.1) is 0 Å². The van der Waals surface area contributed by atoms with Crippen LogP contribution in [0.4, 0.5) is 5.69 Å². The number of nitrogens with zero attached hydrogens (tertiary/aromatic N) is 1. The molecule has 1 aliphatic carbocycles. The van der Waals surface area contributed by atoms with Gasteiger partial charge >= 0.3 is 0 Å². The average molecular weight is 504 g/mol. The third-order valence-electron chi connectivity index (χ3n) is 4.42. The van der Waals surface area contributed by atoms with Crippen molar-refractivity contribution in [3.63, 3.8) is 0 Å². The van der Waals surface area contributed by atoms with Gasteiger partial charge in [0.05, 0.1) is 13.7 Å². The van der Waals surface area contributed by atoms with Gasteiger partial charge < -0.3 is 25.4 Å². The Balaban J connectivity index is 0.00000392. The van der Waals surface area contributed by atoms with Gasteiger partial charge in [0.1, 0.15) is 6.54 Å². The number of benzene rings is 1. The van der Waals surface area contributed by atoms with Crippen molar-refractivity contribution in [2.75, 3.05) is 32.1 Å². The molecular formula is C20H33IN4O3. The van der Waals surface area contributed by atoms with Crippen molar-refractivity contribution in [3.8, 4) is 11.5 Å². The van der Waals surface area contributed by atoms with Crippen LogP contribution in [0.25, 0.3) is 0 Å². The summed E-state index contributed by atoms with van der Waals surface area (Å²) in [6.07, 6.45) is 5.79. The average Bonchev–Trinajstić information content (AvgIpc) is 2.68. The Morgan fingerprint density at radius 2 is 1.93 bits per heavy atom.